The molecule has 2 N–H and O–H groups in total. The zero-order chi connectivity index (χ0) is 19.1. The van der Waals surface area contributed by atoms with Crippen molar-refractivity contribution in [2.24, 2.45) is 0 Å². The third-order valence-electron chi connectivity index (χ3n) is 3.06. The monoisotopic (exact) mass is 348 g/mol. The Hall–Kier alpha value is -3.82. The molecule has 0 heterocycles. The van der Waals surface area contributed by atoms with Crippen LogP contribution in [0, 0.1) is 27.2 Å². The number of nitro benzene ring substituents is 2. The average molecular weight is 348 g/mol. The first-order chi connectivity index (χ1) is 11.7. The fourth-order valence-electron chi connectivity index (χ4n) is 1.86. The van der Waals surface area contributed by atoms with E-state index in [1.807, 2.05) is 0 Å². The summed E-state index contributed by atoms with van der Waals surface area (Å²) in [6.45, 7) is 1.36. The number of carboxylic acids is 2. The predicted molar refractivity (Wildman–Crippen MR) is 84.8 cm³/mol. The Kier molecular flexibility index (Phi) is 6.27. The van der Waals surface area contributed by atoms with Crippen molar-refractivity contribution in [3.63, 3.8) is 0 Å². The molecule has 0 aliphatic rings. The number of aromatic carboxylic acids is 2. The van der Waals surface area contributed by atoms with Gasteiger partial charge in [-0.2, -0.15) is 0 Å². The van der Waals surface area contributed by atoms with E-state index >= 15 is 0 Å². The molecule has 0 aliphatic carbocycles. The molecular formula is C15H12N2O8. The smallest absolute Gasteiger partial charge is 0.336 e. The van der Waals surface area contributed by atoms with Crippen LogP contribution in [0.2, 0.25) is 0 Å². The van der Waals surface area contributed by atoms with Gasteiger partial charge in [0, 0.05) is 12.1 Å². The van der Waals surface area contributed by atoms with Gasteiger partial charge in [0.1, 0.15) is 5.56 Å². The van der Waals surface area contributed by atoms with Gasteiger partial charge in [-0.1, -0.05) is 12.1 Å². The standard InChI is InChI=1S/C8H6O4.C7H6N2O4/c9-7(10)5-3-1-2-4-6(5)8(11)12;1-5-6(8(10)11)3-2-4-7(5)9(12)13/h1-4H,(H,9,10)(H,11,12);2-4H,1H3. The van der Waals surface area contributed by atoms with E-state index in [2.05, 4.69) is 0 Å². The number of rotatable bonds is 4. The molecule has 10 nitrogen and oxygen atoms in total. The molecule has 2 aromatic carbocycles. The number of hydrogen-bond donors (Lipinski definition) is 2. The van der Waals surface area contributed by atoms with Crippen molar-refractivity contribution in [1.29, 1.82) is 0 Å². The SMILES string of the molecule is Cc1c([N+](=O)[O-])cccc1[N+](=O)[O-].O=C(O)c1ccccc1C(=O)O. The maximum absolute atomic E-state index is 10.5. The van der Waals surface area contributed by atoms with Gasteiger partial charge in [-0.25, -0.2) is 9.59 Å². The second-order valence-corrected chi connectivity index (χ2v) is 4.59. The summed E-state index contributed by atoms with van der Waals surface area (Å²) in [7, 11) is 0. The zero-order valence-electron chi connectivity index (χ0n) is 12.8. The molecule has 0 atom stereocenters. The Morgan fingerprint density at radius 3 is 1.44 bits per heavy atom. The van der Waals surface area contributed by atoms with Crippen molar-refractivity contribution in [3.05, 3.63) is 79.4 Å². The van der Waals surface area contributed by atoms with Crippen LogP contribution in [0.15, 0.2) is 42.5 Å². The number of carboxylic acid groups (broad SMARTS) is 2. The van der Waals surface area contributed by atoms with Crippen LogP contribution < -0.4 is 0 Å². The molecule has 0 saturated heterocycles. The first-order valence-corrected chi connectivity index (χ1v) is 6.60. The van der Waals surface area contributed by atoms with Crippen LogP contribution in [0.25, 0.3) is 0 Å². The van der Waals surface area contributed by atoms with Crippen molar-refractivity contribution in [2.75, 3.05) is 0 Å². The zero-order valence-corrected chi connectivity index (χ0v) is 12.8. The summed E-state index contributed by atoms with van der Waals surface area (Å²) < 4.78 is 0. The second-order valence-electron chi connectivity index (χ2n) is 4.59. The molecule has 25 heavy (non-hydrogen) atoms. The van der Waals surface area contributed by atoms with Gasteiger partial charge in [0.15, 0.2) is 0 Å². The maximum Gasteiger partial charge on any atom is 0.336 e. The summed E-state index contributed by atoms with van der Waals surface area (Å²) in [4.78, 5) is 40.4. The molecule has 0 unspecified atom stereocenters. The average Bonchev–Trinajstić information content (AvgIpc) is 2.55. The third kappa shape index (κ3) is 4.82. The van der Waals surface area contributed by atoms with Crippen molar-refractivity contribution in [1.82, 2.24) is 0 Å². The highest BCUT2D eigenvalue weighted by Crippen LogP contribution is 2.26. The first kappa shape index (κ1) is 19.2. The molecule has 0 amide bonds. The van der Waals surface area contributed by atoms with Crippen LogP contribution in [0.4, 0.5) is 11.4 Å². The number of nitro groups is 2. The van der Waals surface area contributed by atoms with Gasteiger partial charge in [0.05, 0.1) is 21.0 Å². The van der Waals surface area contributed by atoms with Crippen LogP contribution in [-0.4, -0.2) is 32.0 Å². The lowest BCUT2D eigenvalue weighted by molar-refractivity contribution is -0.395. The molecule has 2 aromatic rings. The topological polar surface area (TPSA) is 161 Å². The van der Waals surface area contributed by atoms with Crippen molar-refractivity contribution < 1.29 is 29.6 Å². The second kappa shape index (κ2) is 8.15. The van der Waals surface area contributed by atoms with E-state index in [9.17, 15) is 29.8 Å². The number of hydrogen-bond acceptors (Lipinski definition) is 6. The predicted octanol–water partition coefficient (Wildman–Crippen LogP) is 2.89. The van der Waals surface area contributed by atoms with Crippen molar-refractivity contribution in [2.45, 2.75) is 6.92 Å². The quantitative estimate of drug-likeness (QED) is 0.629. The van der Waals surface area contributed by atoms with Gasteiger partial charge in [-0.15, -0.1) is 0 Å². The van der Waals surface area contributed by atoms with E-state index in [0.29, 0.717) is 0 Å². The molecule has 130 valence electrons. The van der Waals surface area contributed by atoms with E-state index in [0.717, 1.165) is 0 Å². The Morgan fingerprint density at radius 2 is 1.16 bits per heavy atom. The van der Waals surface area contributed by atoms with E-state index < -0.39 is 21.8 Å². The Morgan fingerprint density at radius 1 is 0.800 bits per heavy atom. The minimum absolute atomic E-state index is 0.0810. The molecule has 10 heteroatoms. The van der Waals surface area contributed by atoms with E-state index in [1.165, 1.54) is 49.4 Å². The lowest BCUT2D eigenvalue weighted by Gasteiger charge is -1.98. The molecule has 0 spiro atoms. The highest BCUT2D eigenvalue weighted by atomic mass is 16.6. The Labute approximate surface area is 140 Å². The lowest BCUT2D eigenvalue weighted by Crippen LogP contribution is -2.06. The maximum atomic E-state index is 10.5. The van der Waals surface area contributed by atoms with Gasteiger partial charge in [0.2, 0.25) is 0 Å². The summed E-state index contributed by atoms with van der Waals surface area (Å²) in [5, 5.41) is 37.9. The minimum atomic E-state index is -1.23. The number of carbonyl (C=O) groups is 2. The fraction of sp³-hybridized carbons (Fsp3) is 0.0667. The Balaban J connectivity index is 0.000000251. The molecule has 0 saturated carbocycles. The lowest BCUT2D eigenvalue weighted by atomic mass is 10.1. The minimum Gasteiger partial charge on any atom is -0.478 e. The summed E-state index contributed by atoms with van der Waals surface area (Å²) in [5.74, 6) is -2.46. The number of nitrogens with zero attached hydrogens (tertiary/aromatic N) is 2. The van der Waals surface area contributed by atoms with Gasteiger partial charge in [-0.05, 0) is 25.1 Å². The first-order valence-electron chi connectivity index (χ1n) is 6.60. The summed E-state index contributed by atoms with van der Waals surface area (Å²) in [6.07, 6.45) is 0. The summed E-state index contributed by atoms with van der Waals surface area (Å²) in [5.41, 5.74) is -0.754. The molecule has 0 bridgehead atoms. The Bertz CT molecular complexity index is 782. The fourth-order valence-corrected chi connectivity index (χ4v) is 1.86. The largest absolute Gasteiger partial charge is 0.478 e. The highest BCUT2D eigenvalue weighted by molar-refractivity contribution is 6.01. The molecule has 0 fully saturated rings. The van der Waals surface area contributed by atoms with Crippen LogP contribution >= 0.6 is 0 Å². The number of benzene rings is 2. The van der Waals surface area contributed by atoms with E-state index in [4.69, 9.17) is 10.2 Å². The van der Waals surface area contributed by atoms with Crippen LogP contribution in [0.1, 0.15) is 26.3 Å². The van der Waals surface area contributed by atoms with Gasteiger partial charge >= 0.3 is 11.9 Å². The normalized spacial score (nSPS) is 9.48. The third-order valence-corrected chi connectivity index (χ3v) is 3.06. The van der Waals surface area contributed by atoms with E-state index in [-0.39, 0.29) is 28.1 Å². The highest BCUT2D eigenvalue weighted by Gasteiger charge is 2.19. The van der Waals surface area contributed by atoms with Gasteiger partial charge in [-0.3, -0.25) is 20.2 Å². The van der Waals surface area contributed by atoms with Crippen LogP contribution in [0.3, 0.4) is 0 Å². The molecule has 0 aliphatic heterocycles. The molecule has 0 aromatic heterocycles. The summed E-state index contributed by atoms with van der Waals surface area (Å²) >= 11 is 0. The van der Waals surface area contributed by atoms with E-state index in [1.54, 1.807) is 0 Å². The van der Waals surface area contributed by atoms with Crippen LogP contribution in [0.5, 0.6) is 0 Å². The van der Waals surface area contributed by atoms with Gasteiger partial charge < -0.3 is 10.2 Å². The van der Waals surface area contributed by atoms with Crippen molar-refractivity contribution >= 4 is 23.3 Å². The van der Waals surface area contributed by atoms with Gasteiger partial charge in [0.25, 0.3) is 11.4 Å². The molecular weight excluding hydrogens is 336 g/mol. The van der Waals surface area contributed by atoms with Crippen LogP contribution in [-0.2, 0) is 0 Å². The molecule has 0 radical (unpaired) electrons. The van der Waals surface area contributed by atoms with Crippen molar-refractivity contribution in [3.8, 4) is 0 Å². The molecule has 2 rings (SSSR count). The summed E-state index contributed by atoms with van der Waals surface area (Å²) in [6, 6.07) is 9.25.